The average molecular weight is 525 g/mol. The van der Waals surface area contributed by atoms with Crippen molar-refractivity contribution in [1.29, 1.82) is 0 Å². The minimum Gasteiger partial charge on any atom is -0.468 e. The summed E-state index contributed by atoms with van der Waals surface area (Å²) in [6.07, 6.45) is 0. The molecular weight excluding hydrogens is 496 g/mol. The van der Waals surface area contributed by atoms with Gasteiger partial charge in [-0.25, -0.2) is 0 Å². The first-order valence-electron chi connectivity index (χ1n) is 11.6. The molecule has 0 bridgehead atoms. The van der Waals surface area contributed by atoms with Gasteiger partial charge in [0, 0.05) is 33.6 Å². The van der Waals surface area contributed by atoms with E-state index in [1.165, 1.54) is 50.6 Å². The lowest BCUT2D eigenvalue weighted by Crippen LogP contribution is -2.39. The number of ketones is 2. The quantitative estimate of drug-likeness (QED) is 0.276. The number of hydrogen-bond donors (Lipinski definition) is 4. The lowest BCUT2D eigenvalue weighted by molar-refractivity contribution is -0.143. The summed E-state index contributed by atoms with van der Waals surface area (Å²) in [7, 11) is 2.48. The van der Waals surface area contributed by atoms with Crippen LogP contribution in [-0.2, 0) is 28.7 Å². The largest absolute Gasteiger partial charge is 0.468 e. The highest BCUT2D eigenvalue weighted by Gasteiger charge is 2.30. The van der Waals surface area contributed by atoms with E-state index in [-0.39, 0.29) is 41.1 Å². The van der Waals surface area contributed by atoms with E-state index in [1.54, 1.807) is 13.8 Å². The number of carbonyl (C=O) groups is 6. The van der Waals surface area contributed by atoms with Crippen molar-refractivity contribution in [2.24, 2.45) is 0 Å². The molecule has 2 amide bonds. The van der Waals surface area contributed by atoms with E-state index in [0.717, 1.165) is 0 Å². The molecule has 0 saturated heterocycles. The molecule has 12 heteroatoms. The maximum absolute atomic E-state index is 13.3. The van der Waals surface area contributed by atoms with E-state index in [2.05, 4.69) is 30.7 Å². The van der Waals surface area contributed by atoms with Crippen molar-refractivity contribution in [3.8, 4) is 0 Å². The highest BCUT2D eigenvalue weighted by molar-refractivity contribution is 6.29. The molecule has 1 aliphatic rings. The molecule has 2 aromatic carbocycles. The van der Waals surface area contributed by atoms with Gasteiger partial charge in [-0.2, -0.15) is 0 Å². The van der Waals surface area contributed by atoms with Crippen LogP contribution in [0.2, 0.25) is 0 Å². The summed E-state index contributed by atoms with van der Waals surface area (Å²) in [5, 5.41) is 10.7. The molecule has 2 atom stereocenters. The number of fused-ring (bicyclic) bond motifs is 2. The Labute approximate surface area is 218 Å². The molecule has 4 N–H and O–H groups in total. The van der Waals surface area contributed by atoms with E-state index in [4.69, 9.17) is 0 Å². The normalized spacial score (nSPS) is 13.5. The lowest BCUT2D eigenvalue weighted by Gasteiger charge is -2.19. The van der Waals surface area contributed by atoms with Gasteiger partial charge in [0.15, 0.2) is 11.6 Å². The third-order valence-electron chi connectivity index (χ3n) is 5.83. The monoisotopic (exact) mass is 524 g/mol. The van der Waals surface area contributed by atoms with E-state index < -0.39 is 41.6 Å². The zero-order valence-corrected chi connectivity index (χ0v) is 21.3. The Kier molecular flexibility index (Phi) is 9.05. The lowest BCUT2D eigenvalue weighted by atomic mass is 9.83. The minimum atomic E-state index is -0.688. The first kappa shape index (κ1) is 28.2. The van der Waals surface area contributed by atoms with Gasteiger partial charge in [0.25, 0.3) is 0 Å². The number of anilines is 2. The molecular formula is C26H28N4O8. The van der Waals surface area contributed by atoms with Crippen molar-refractivity contribution in [3.05, 3.63) is 58.7 Å². The molecule has 0 spiro atoms. The summed E-state index contributed by atoms with van der Waals surface area (Å²) in [6, 6.07) is 7.37. The number of nitrogens with one attached hydrogen (secondary N) is 4. The van der Waals surface area contributed by atoms with Crippen LogP contribution in [0.1, 0.15) is 45.7 Å². The smallest absolute Gasteiger partial charge is 0.322 e. The Morgan fingerprint density at radius 2 is 1.03 bits per heavy atom. The van der Waals surface area contributed by atoms with Gasteiger partial charge in [-0.3, -0.25) is 39.4 Å². The van der Waals surface area contributed by atoms with Crippen molar-refractivity contribution in [1.82, 2.24) is 10.6 Å². The van der Waals surface area contributed by atoms with Crippen molar-refractivity contribution in [3.63, 3.8) is 0 Å². The maximum atomic E-state index is 13.3. The highest BCUT2D eigenvalue weighted by atomic mass is 16.5. The van der Waals surface area contributed by atoms with Gasteiger partial charge < -0.3 is 20.1 Å². The molecule has 2 aromatic rings. The summed E-state index contributed by atoms with van der Waals surface area (Å²) in [4.78, 5) is 73.8. The molecule has 200 valence electrons. The molecule has 38 heavy (non-hydrogen) atoms. The van der Waals surface area contributed by atoms with Gasteiger partial charge >= 0.3 is 11.9 Å². The molecule has 0 saturated carbocycles. The Bertz CT molecular complexity index is 1210. The third kappa shape index (κ3) is 6.47. The molecule has 3 rings (SSSR count). The minimum absolute atomic E-state index is 0.105. The second-order valence-corrected chi connectivity index (χ2v) is 8.53. The van der Waals surface area contributed by atoms with Gasteiger partial charge in [-0.15, -0.1) is 0 Å². The van der Waals surface area contributed by atoms with Crippen LogP contribution >= 0.6 is 0 Å². The second kappa shape index (κ2) is 12.2. The van der Waals surface area contributed by atoms with Gasteiger partial charge in [-0.1, -0.05) is 0 Å². The first-order chi connectivity index (χ1) is 18.0. The van der Waals surface area contributed by atoms with Crippen LogP contribution in [0.4, 0.5) is 11.4 Å². The van der Waals surface area contributed by atoms with Gasteiger partial charge in [0.1, 0.15) is 12.1 Å². The van der Waals surface area contributed by atoms with Gasteiger partial charge in [-0.05, 0) is 50.2 Å². The van der Waals surface area contributed by atoms with Crippen LogP contribution in [0.3, 0.4) is 0 Å². The van der Waals surface area contributed by atoms with Gasteiger partial charge in [0.05, 0.1) is 27.3 Å². The number of hydrogen-bond acceptors (Lipinski definition) is 10. The molecule has 0 radical (unpaired) electrons. The number of methoxy groups -OCH3 is 2. The molecule has 12 nitrogen and oxygen atoms in total. The molecule has 0 heterocycles. The second-order valence-electron chi connectivity index (χ2n) is 8.53. The molecule has 0 fully saturated rings. The van der Waals surface area contributed by atoms with Crippen LogP contribution in [-0.4, -0.2) is 74.7 Å². The van der Waals surface area contributed by atoms with E-state index >= 15 is 0 Å². The highest BCUT2D eigenvalue weighted by Crippen LogP contribution is 2.31. The SMILES string of the molecule is COC(=O)[C@@H](C)NCC(=O)Nc1ccc2c(c1)C(=O)c1cc(NC(=O)CN[C@H](C)C(=O)OC)ccc1C2=O. The van der Waals surface area contributed by atoms with E-state index in [1.807, 2.05) is 0 Å². The van der Waals surface area contributed by atoms with Crippen LogP contribution < -0.4 is 21.3 Å². The Balaban J connectivity index is 1.71. The Morgan fingerprint density at radius 1 is 0.658 bits per heavy atom. The third-order valence-corrected chi connectivity index (χ3v) is 5.83. The number of esters is 2. The zero-order valence-electron chi connectivity index (χ0n) is 21.3. The zero-order chi connectivity index (χ0) is 28.0. The van der Waals surface area contributed by atoms with Crippen LogP contribution in [0.5, 0.6) is 0 Å². The molecule has 0 unspecified atom stereocenters. The fourth-order valence-electron chi connectivity index (χ4n) is 3.73. The van der Waals surface area contributed by atoms with Crippen molar-refractivity contribution < 1.29 is 38.2 Å². The number of carbonyl (C=O) groups excluding carboxylic acids is 6. The van der Waals surface area contributed by atoms with Crippen LogP contribution in [0.15, 0.2) is 36.4 Å². The topological polar surface area (TPSA) is 169 Å². The maximum Gasteiger partial charge on any atom is 0.322 e. The van der Waals surface area contributed by atoms with Crippen molar-refractivity contribution in [2.75, 3.05) is 37.9 Å². The first-order valence-corrected chi connectivity index (χ1v) is 11.6. The Morgan fingerprint density at radius 3 is 1.39 bits per heavy atom. The molecule has 1 aliphatic carbocycles. The fraction of sp³-hybridized carbons (Fsp3) is 0.308. The van der Waals surface area contributed by atoms with E-state index in [0.29, 0.717) is 11.4 Å². The van der Waals surface area contributed by atoms with Gasteiger partial charge in [0.2, 0.25) is 11.8 Å². The summed E-state index contributed by atoms with van der Waals surface area (Å²) in [5.41, 5.74) is 1.18. The Hall–Kier alpha value is -4.42. The van der Waals surface area contributed by atoms with E-state index in [9.17, 15) is 28.8 Å². The van der Waals surface area contributed by atoms with Crippen molar-refractivity contribution in [2.45, 2.75) is 25.9 Å². The van der Waals surface area contributed by atoms with Crippen molar-refractivity contribution >= 4 is 46.7 Å². The van der Waals surface area contributed by atoms with Crippen LogP contribution in [0, 0.1) is 0 Å². The predicted molar refractivity (Wildman–Crippen MR) is 136 cm³/mol. The van der Waals surface area contributed by atoms with Crippen LogP contribution in [0.25, 0.3) is 0 Å². The standard InChI is InChI=1S/C26H28N4O8/c1-13(25(35)37-3)27-11-21(31)29-15-5-7-17-19(9-15)24(34)20-10-16(6-8-18(20)23(17)33)30-22(32)12-28-14(2)26(36)38-4/h5-10,13-14,27-28H,11-12H2,1-4H3,(H,29,31)(H,30,32)/t13-,14-/m1/s1. The number of benzene rings is 2. The summed E-state index contributed by atoms with van der Waals surface area (Å²) in [5.74, 6) is -2.77. The summed E-state index contributed by atoms with van der Waals surface area (Å²) < 4.78 is 9.19. The average Bonchev–Trinajstić information content (AvgIpc) is 2.92. The molecule has 0 aromatic heterocycles. The predicted octanol–water partition coefficient (Wildman–Crippen LogP) is 0.641. The number of ether oxygens (including phenoxy) is 2. The summed E-state index contributed by atoms with van der Waals surface area (Å²) in [6.45, 7) is 2.74. The molecule has 0 aliphatic heterocycles. The summed E-state index contributed by atoms with van der Waals surface area (Å²) >= 11 is 0. The number of rotatable bonds is 10. The number of amides is 2. The fourth-order valence-corrected chi connectivity index (χ4v) is 3.73.